The molecule has 6 N–H and O–H groups in total. The van der Waals surface area contributed by atoms with E-state index in [1.165, 1.54) is 0 Å². The molecule has 0 aliphatic heterocycles. The van der Waals surface area contributed by atoms with E-state index in [-0.39, 0.29) is 118 Å². The predicted octanol–water partition coefficient (Wildman–Crippen LogP) is -4.35. The monoisotopic (exact) mass is 494 g/mol. The molecule has 0 aromatic rings. The summed E-state index contributed by atoms with van der Waals surface area (Å²) in [5.41, 5.74) is 0. The van der Waals surface area contributed by atoms with Gasteiger partial charge in [0.25, 0.3) is 0 Å². The maximum Gasteiger partial charge on any atom is 3.00 e. The molecule has 0 aliphatic carbocycles. The van der Waals surface area contributed by atoms with Gasteiger partial charge in [-0.3, -0.25) is 0 Å². The molecule has 0 saturated carbocycles. The maximum absolute atomic E-state index is 0. The standard InChI is InChI=1S/2As.3H2O.3O.2Sb/h;;3*1H2;;;;;/q;;;;;3*-2;2*+3. The molecule has 0 unspecified atom stereocenters. The Kier molecular flexibility index (Phi) is 5290. The Bertz CT molecular complexity index is 13.7. The minimum Gasteiger partial charge on any atom is -2.00 e. The molecule has 0 heterocycles. The minimum absolute atomic E-state index is 0. The summed E-state index contributed by atoms with van der Waals surface area (Å²) in [7, 11) is 0. The molecule has 0 aromatic heterocycles. The van der Waals surface area contributed by atoms with Crippen molar-refractivity contribution in [1.82, 2.24) is 0 Å². The number of hydrogen-bond acceptors (Lipinski definition) is 0. The Morgan fingerprint density at radius 2 is 0.400 bits per heavy atom. The molecular weight excluding hydrogens is 489 g/mol. The van der Waals surface area contributed by atoms with Gasteiger partial charge in [0.1, 0.15) is 0 Å². The van der Waals surface area contributed by atoms with Gasteiger partial charge >= 0.3 is 48.9 Å². The third-order valence-electron chi connectivity index (χ3n) is 0. The molecular formula is H6As2O6Sb2. The molecule has 10 radical (unpaired) electrons. The molecule has 0 aliphatic rings. The molecule has 0 spiro atoms. The van der Waals surface area contributed by atoms with E-state index in [1.54, 1.807) is 0 Å². The van der Waals surface area contributed by atoms with E-state index in [4.69, 9.17) is 0 Å². The average molecular weight is 495 g/mol. The Morgan fingerprint density at radius 1 is 0.400 bits per heavy atom. The van der Waals surface area contributed by atoms with E-state index in [1.807, 2.05) is 0 Å². The van der Waals surface area contributed by atoms with Gasteiger partial charge < -0.3 is 32.9 Å². The first-order valence-electron chi connectivity index (χ1n) is 0. The van der Waals surface area contributed by atoms with Gasteiger partial charge in [-0.15, -0.1) is 0 Å². The zero-order valence-electron chi connectivity index (χ0n) is 4.51. The minimum atomic E-state index is 0. The molecule has 10 heteroatoms. The van der Waals surface area contributed by atoms with Crippen molar-refractivity contribution in [2.24, 2.45) is 0 Å². The summed E-state index contributed by atoms with van der Waals surface area (Å²) in [6.45, 7) is 0. The van der Waals surface area contributed by atoms with Gasteiger partial charge in [-0.25, -0.2) is 0 Å². The van der Waals surface area contributed by atoms with Crippen LogP contribution in [0, 0.1) is 0 Å². The third kappa shape index (κ3) is 151. The van der Waals surface area contributed by atoms with Crippen molar-refractivity contribution in [2.45, 2.75) is 0 Å². The zero-order valence-corrected chi connectivity index (χ0v) is 13.4. The second-order valence-corrected chi connectivity index (χ2v) is 0. The van der Waals surface area contributed by atoms with Crippen molar-refractivity contribution >= 4 is 84.8 Å². The SMILES string of the molecule is O.O.O.[As].[As].[O-2].[O-2].[O-2].[Sb+3].[Sb+3]. The smallest absolute Gasteiger partial charge is 2.00 e. The van der Waals surface area contributed by atoms with Crippen LogP contribution in [0.3, 0.4) is 0 Å². The van der Waals surface area contributed by atoms with Gasteiger partial charge in [0, 0.05) is 35.9 Å². The fourth-order valence-corrected chi connectivity index (χ4v) is 0. The molecule has 0 atom stereocenters. The Labute approximate surface area is 116 Å². The fraction of sp³-hybridized carbons (Fsp3) is 0. The van der Waals surface area contributed by atoms with Crippen molar-refractivity contribution < 1.29 is 32.9 Å². The van der Waals surface area contributed by atoms with Gasteiger partial charge in [-0.05, 0) is 0 Å². The largest absolute Gasteiger partial charge is 3.00 e. The molecule has 62 valence electrons. The Morgan fingerprint density at radius 3 is 0.400 bits per heavy atom. The quantitative estimate of drug-likeness (QED) is 0.295. The number of rotatable bonds is 0. The molecule has 0 saturated heterocycles. The van der Waals surface area contributed by atoms with Crippen LogP contribution in [0.2, 0.25) is 0 Å². The van der Waals surface area contributed by atoms with Crippen molar-refractivity contribution in [3.63, 3.8) is 0 Å². The summed E-state index contributed by atoms with van der Waals surface area (Å²) in [5.74, 6) is 0. The summed E-state index contributed by atoms with van der Waals surface area (Å²) in [6, 6.07) is 0. The third-order valence-corrected chi connectivity index (χ3v) is 0. The van der Waals surface area contributed by atoms with E-state index < -0.39 is 0 Å². The van der Waals surface area contributed by atoms with Crippen LogP contribution in [0.25, 0.3) is 0 Å². The molecule has 0 amide bonds. The van der Waals surface area contributed by atoms with Crippen LogP contribution in [0.15, 0.2) is 0 Å². The van der Waals surface area contributed by atoms with Crippen LogP contribution < -0.4 is 0 Å². The molecule has 0 bridgehead atoms. The molecule has 0 aromatic carbocycles. The van der Waals surface area contributed by atoms with Crippen LogP contribution in [0.1, 0.15) is 0 Å². The van der Waals surface area contributed by atoms with Gasteiger partial charge in [-0.2, -0.15) is 0 Å². The molecule has 0 rings (SSSR count). The first kappa shape index (κ1) is 263. The van der Waals surface area contributed by atoms with Gasteiger partial charge in [0.05, 0.1) is 0 Å². The molecule has 0 fully saturated rings. The summed E-state index contributed by atoms with van der Waals surface area (Å²) in [4.78, 5) is 0. The van der Waals surface area contributed by atoms with Crippen LogP contribution >= 0.6 is 0 Å². The first-order valence-corrected chi connectivity index (χ1v) is 0. The van der Waals surface area contributed by atoms with Crippen molar-refractivity contribution in [3.05, 3.63) is 0 Å². The van der Waals surface area contributed by atoms with E-state index >= 15 is 0 Å². The van der Waals surface area contributed by atoms with E-state index in [9.17, 15) is 0 Å². The number of hydrogen-bond donors (Lipinski definition) is 0. The van der Waals surface area contributed by atoms with Crippen LogP contribution in [-0.2, 0) is 16.4 Å². The molecule has 6 nitrogen and oxygen atoms in total. The summed E-state index contributed by atoms with van der Waals surface area (Å²) >= 11 is 0. The zero-order chi connectivity index (χ0) is 0. The van der Waals surface area contributed by atoms with E-state index in [2.05, 4.69) is 0 Å². The van der Waals surface area contributed by atoms with Gasteiger partial charge in [0.15, 0.2) is 0 Å². The van der Waals surface area contributed by atoms with E-state index in [0.29, 0.717) is 0 Å². The second-order valence-electron chi connectivity index (χ2n) is 0. The Balaban J connectivity index is 0. The van der Waals surface area contributed by atoms with Gasteiger partial charge in [-0.1, -0.05) is 0 Å². The van der Waals surface area contributed by atoms with Crippen molar-refractivity contribution in [2.75, 3.05) is 0 Å². The second kappa shape index (κ2) is 201. The average Bonchev–Trinajstić information content (AvgIpc) is 0. The van der Waals surface area contributed by atoms with Gasteiger partial charge in [0.2, 0.25) is 0 Å². The van der Waals surface area contributed by atoms with Crippen molar-refractivity contribution in [1.29, 1.82) is 0 Å². The normalized spacial score (nSPS) is 0. The first-order chi connectivity index (χ1) is 0. The fourth-order valence-electron chi connectivity index (χ4n) is 0. The predicted molar refractivity (Wildman–Crippen MR) is 35.9 cm³/mol. The summed E-state index contributed by atoms with van der Waals surface area (Å²) < 4.78 is 0. The summed E-state index contributed by atoms with van der Waals surface area (Å²) in [5, 5.41) is 0. The maximum atomic E-state index is 0. The summed E-state index contributed by atoms with van der Waals surface area (Å²) in [6.07, 6.45) is 0. The van der Waals surface area contributed by atoms with Crippen LogP contribution in [-0.4, -0.2) is 101 Å². The van der Waals surface area contributed by atoms with Crippen LogP contribution in [0.4, 0.5) is 0 Å². The van der Waals surface area contributed by atoms with Crippen LogP contribution in [0.5, 0.6) is 0 Å². The van der Waals surface area contributed by atoms with Crippen molar-refractivity contribution in [3.8, 4) is 0 Å². The van der Waals surface area contributed by atoms with E-state index in [0.717, 1.165) is 0 Å². The molecule has 10 heavy (non-hydrogen) atoms. The topological polar surface area (TPSA) is 180 Å². The Hall–Kier alpha value is 2.51.